The van der Waals surface area contributed by atoms with Crippen LogP contribution in [-0.4, -0.2) is 85.9 Å². The summed E-state index contributed by atoms with van der Waals surface area (Å²) in [5.74, 6) is 0. The molecule has 0 unspecified atom stereocenters. The zero-order valence-corrected chi connectivity index (χ0v) is 14.7. The molecule has 0 saturated carbocycles. The minimum absolute atomic E-state index is 0.0775. The zero-order chi connectivity index (χ0) is 19.4. The van der Waals surface area contributed by atoms with Crippen molar-refractivity contribution in [2.45, 2.75) is 36.7 Å². The van der Waals surface area contributed by atoms with Gasteiger partial charge in [0.1, 0.15) is 42.7 Å². The predicted molar refractivity (Wildman–Crippen MR) is 92.0 cm³/mol. The summed E-state index contributed by atoms with van der Waals surface area (Å²) < 4.78 is 12.5. The molecule has 1 aliphatic heterocycles. The Bertz CT molecular complexity index is 714. The summed E-state index contributed by atoms with van der Waals surface area (Å²) in [6, 6.07) is 8.46. The standard InChI is InChI=1S/C17H24N4O6/c18-6-11(23)9-26-17-14(16(25)15(24)13(8-22)27-17)21-7-12(19-20-21)10-4-2-1-3-5-10/h1-5,7,11,13-17,22-25H,6,8-9,18H2/p+1/t11-,13+,14-,15+,16+,17-/m0/s1. The lowest BCUT2D eigenvalue weighted by atomic mass is 9.97. The average Bonchev–Trinajstić information content (AvgIpc) is 3.18. The molecule has 148 valence electrons. The minimum Gasteiger partial charge on any atom is -0.394 e. The Kier molecular flexibility index (Phi) is 6.50. The normalized spacial score (nSPS) is 29.6. The SMILES string of the molecule is [NH3+]C[C@H](O)CO[C@H]1O[C@H](CO)[C@@H](O)[C@H](O)[C@@H]1n1cc(-c2ccccc2)nn1. The highest BCUT2D eigenvalue weighted by Crippen LogP contribution is 2.31. The molecule has 6 atom stereocenters. The Morgan fingerprint density at radius 2 is 1.96 bits per heavy atom. The van der Waals surface area contributed by atoms with Gasteiger partial charge in [0.25, 0.3) is 0 Å². The number of benzene rings is 1. The Morgan fingerprint density at radius 3 is 2.63 bits per heavy atom. The lowest BCUT2D eigenvalue weighted by Gasteiger charge is -2.41. The second kappa shape index (κ2) is 8.85. The molecule has 2 heterocycles. The summed E-state index contributed by atoms with van der Waals surface area (Å²) in [4.78, 5) is 0. The van der Waals surface area contributed by atoms with Crippen molar-refractivity contribution in [2.75, 3.05) is 19.8 Å². The molecule has 10 nitrogen and oxygen atoms in total. The number of ether oxygens (including phenoxy) is 2. The highest BCUT2D eigenvalue weighted by Gasteiger charge is 2.46. The van der Waals surface area contributed by atoms with E-state index in [-0.39, 0.29) is 13.2 Å². The molecular formula is C17H25N4O6+. The molecule has 10 heteroatoms. The van der Waals surface area contributed by atoms with Crippen LogP contribution in [0.1, 0.15) is 6.04 Å². The molecule has 27 heavy (non-hydrogen) atoms. The van der Waals surface area contributed by atoms with Crippen molar-refractivity contribution < 1.29 is 35.6 Å². The Hall–Kier alpha value is -1.92. The lowest BCUT2D eigenvalue weighted by Crippen LogP contribution is -2.59. The Balaban J connectivity index is 1.85. The van der Waals surface area contributed by atoms with Gasteiger partial charge in [-0.15, -0.1) is 5.10 Å². The van der Waals surface area contributed by atoms with Gasteiger partial charge >= 0.3 is 0 Å². The highest BCUT2D eigenvalue weighted by molar-refractivity contribution is 5.57. The molecule has 0 spiro atoms. The molecule has 3 rings (SSSR count). The van der Waals surface area contributed by atoms with Gasteiger partial charge in [-0.1, -0.05) is 35.5 Å². The number of aromatic nitrogens is 3. The van der Waals surface area contributed by atoms with E-state index in [1.807, 2.05) is 30.3 Å². The Labute approximate surface area is 155 Å². The van der Waals surface area contributed by atoms with Gasteiger partial charge in [0.15, 0.2) is 6.29 Å². The zero-order valence-electron chi connectivity index (χ0n) is 14.7. The number of aliphatic hydroxyl groups is 4. The summed E-state index contributed by atoms with van der Waals surface area (Å²) in [5.41, 5.74) is 5.02. The number of aliphatic hydroxyl groups excluding tert-OH is 4. The smallest absolute Gasteiger partial charge is 0.183 e. The summed E-state index contributed by atoms with van der Waals surface area (Å²) in [5, 5.41) is 48.0. The molecule has 7 N–H and O–H groups in total. The van der Waals surface area contributed by atoms with Crippen molar-refractivity contribution in [1.82, 2.24) is 15.0 Å². The van der Waals surface area contributed by atoms with E-state index in [2.05, 4.69) is 16.0 Å². The summed E-state index contributed by atoms with van der Waals surface area (Å²) in [6.07, 6.45) is -3.90. The van der Waals surface area contributed by atoms with Crippen molar-refractivity contribution in [2.24, 2.45) is 0 Å². The van der Waals surface area contributed by atoms with Crippen LogP contribution in [0.3, 0.4) is 0 Å². The van der Waals surface area contributed by atoms with Crippen LogP contribution < -0.4 is 5.73 Å². The molecule has 1 aromatic carbocycles. The fraction of sp³-hybridized carbons (Fsp3) is 0.529. The van der Waals surface area contributed by atoms with Gasteiger partial charge in [-0.3, -0.25) is 0 Å². The maximum atomic E-state index is 10.6. The van der Waals surface area contributed by atoms with E-state index in [1.165, 1.54) is 4.68 Å². The maximum Gasteiger partial charge on any atom is 0.183 e. The van der Waals surface area contributed by atoms with E-state index in [1.54, 1.807) is 6.20 Å². The lowest BCUT2D eigenvalue weighted by molar-refractivity contribution is -0.388. The van der Waals surface area contributed by atoms with Gasteiger partial charge in [0.2, 0.25) is 0 Å². The number of nitrogens with zero attached hydrogens (tertiary/aromatic N) is 3. The monoisotopic (exact) mass is 381 g/mol. The third kappa shape index (κ3) is 4.33. The van der Waals surface area contributed by atoms with Crippen molar-refractivity contribution in [3.8, 4) is 11.3 Å². The average molecular weight is 381 g/mol. The number of quaternary nitrogens is 1. The van der Waals surface area contributed by atoms with Crippen LogP contribution >= 0.6 is 0 Å². The summed E-state index contributed by atoms with van der Waals surface area (Å²) in [6.45, 7) is -0.325. The van der Waals surface area contributed by atoms with E-state index >= 15 is 0 Å². The van der Waals surface area contributed by atoms with Gasteiger partial charge in [-0.2, -0.15) is 0 Å². The van der Waals surface area contributed by atoms with Crippen molar-refractivity contribution in [1.29, 1.82) is 0 Å². The van der Waals surface area contributed by atoms with E-state index in [9.17, 15) is 20.4 Å². The third-order valence-corrected chi connectivity index (χ3v) is 4.52. The first-order valence-corrected chi connectivity index (χ1v) is 8.73. The number of hydrogen-bond donors (Lipinski definition) is 5. The number of hydrogen-bond acceptors (Lipinski definition) is 8. The molecule has 1 saturated heterocycles. The van der Waals surface area contributed by atoms with Gasteiger partial charge in [0, 0.05) is 5.56 Å². The molecule has 0 amide bonds. The van der Waals surface area contributed by atoms with E-state index in [0.717, 1.165) is 5.56 Å². The van der Waals surface area contributed by atoms with Gasteiger partial charge in [-0.05, 0) is 0 Å². The first-order valence-electron chi connectivity index (χ1n) is 8.73. The van der Waals surface area contributed by atoms with Gasteiger partial charge in [-0.25, -0.2) is 4.68 Å². The first kappa shape index (κ1) is 19.8. The van der Waals surface area contributed by atoms with Gasteiger partial charge < -0.3 is 35.6 Å². The van der Waals surface area contributed by atoms with Crippen molar-refractivity contribution >= 4 is 0 Å². The second-order valence-corrected chi connectivity index (χ2v) is 6.42. The molecule has 2 aromatic rings. The minimum atomic E-state index is -1.33. The molecule has 1 fully saturated rings. The van der Waals surface area contributed by atoms with Crippen LogP contribution in [0.25, 0.3) is 11.3 Å². The quantitative estimate of drug-likeness (QED) is 0.353. The topological polar surface area (TPSA) is 158 Å². The predicted octanol–water partition coefficient (Wildman–Crippen LogP) is -2.46. The Morgan fingerprint density at radius 1 is 1.22 bits per heavy atom. The van der Waals surface area contributed by atoms with E-state index < -0.39 is 43.4 Å². The highest BCUT2D eigenvalue weighted by atomic mass is 16.7. The van der Waals surface area contributed by atoms with Crippen LogP contribution in [-0.2, 0) is 9.47 Å². The third-order valence-electron chi connectivity index (χ3n) is 4.52. The number of rotatable bonds is 7. The first-order chi connectivity index (χ1) is 13.0. The van der Waals surface area contributed by atoms with Crippen molar-refractivity contribution in [3.05, 3.63) is 36.5 Å². The van der Waals surface area contributed by atoms with Crippen molar-refractivity contribution in [3.63, 3.8) is 0 Å². The van der Waals surface area contributed by atoms with E-state index in [4.69, 9.17) is 9.47 Å². The molecule has 0 bridgehead atoms. The second-order valence-electron chi connectivity index (χ2n) is 6.42. The van der Waals surface area contributed by atoms with Crippen LogP contribution in [0, 0.1) is 0 Å². The molecular weight excluding hydrogens is 356 g/mol. The molecule has 1 aliphatic rings. The maximum absolute atomic E-state index is 10.6. The van der Waals surface area contributed by atoms with Crippen LogP contribution in [0.4, 0.5) is 0 Å². The van der Waals surface area contributed by atoms with Crippen LogP contribution in [0.2, 0.25) is 0 Å². The summed E-state index contributed by atoms with van der Waals surface area (Å²) in [7, 11) is 0. The van der Waals surface area contributed by atoms with Crippen LogP contribution in [0.5, 0.6) is 0 Å². The van der Waals surface area contributed by atoms with E-state index in [0.29, 0.717) is 5.69 Å². The molecule has 0 radical (unpaired) electrons. The largest absolute Gasteiger partial charge is 0.394 e. The summed E-state index contributed by atoms with van der Waals surface area (Å²) >= 11 is 0. The molecule has 0 aliphatic carbocycles. The van der Waals surface area contributed by atoms with Crippen LogP contribution in [0.15, 0.2) is 36.5 Å². The fourth-order valence-corrected chi connectivity index (χ4v) is 2.94. The molecule has 1 aromatic heterocycles. The van der Waals surface area contributed by atoms with Gasteiger partial charge in [0.05, 0.1) is 19.4 Å². The fourth-order valence-electron chi connectivity index (χ4n) is 2.94.